The Balaban J connectivity index is 1.85. The van der Waals surface area contributed by atoms with Crippen LogP contribution in [0.3, 0.4) is 0 Å². The van der Waals surface area contributed by atoms with Gasteiger partial charge < -0.3 is 19.5 Å². The van der Waals surface area contributed by atoms with E-state index >= 15 is 0 Å². The Morgan fingerprint density at radius 3 is 2.53 bits per heavy atom. The third-order valence-corrected chi connectivity index (χ3v) is 4.54. The fourth-order valence-corrected chi connectivity index (χ4v) is 3.02. The van der Waals surface area contributed by atoms with Crippen molar-refractivity contribution in [3.8, 4) is 22.8 Å². The van der Waals surface area contributed by atoms with Crippen LogP contribution in [0, 0.1) is 0 Å². The van der Waals surface area contributed by atoms with Gasteiger partial charge in [0, 0.05) is 17.7 Å². The van der Waals surface area contributed by atoms with Crippen LogP contribution >= 0.6 is 0 Å². The second kappa shape index (κ2) is 10.3. The molecule has 0 fully saturated rings. The van der Waals surface area contributed by atoms with Crippen LogP contribution in [0.15, 0.2) is 59.4 Å². The van der Waals surface area contributed by atoms with Gasteiger partial charge in [-0.2, -0.15) is 5.10 Å². The summed E-state index contributed by atoms with van der Waals surface area (Å²) in [5, 5.41) is 6.95. The smallest absolute Gasteiger partial charge is 0.340 e. The Bertz CT molecular complexity index is 1190. The van der Waals surface area contributed by atoms with E-state index < -0.39 is 17.4 Å². The summed E-state index contributed by atoms with van der Waals surface area (Å²) in [4.78, 5) is 37.0. The Labute approximate surface area is 184 Å². The fourth-order valence-electron chi connectivity index (χ4n) is 3.02. The summed E-state index contributed by atoms with van der Waals surface area (Å²) in [6.45, 7) is 1.56. The van der Waals surface area contributed by atoms with Crippen LogP contribution in [0.25, 0.3) is 11.3 Å². The van der Waals surface area contributed by atoms with Crippen LogP contribution in [0.2, 0.25) is 0 Å². The standard InChI is InChI=1S/C23H23N3O6/c1-4-32-23(29)17-7-5-6-8-18(17)24-21(27)14-26-22(28)12-11-19(25-26)16-10-9-15(30-2)13-20(16)31-3/h5-13H,4,14H2,1-3H3,(H,24,27). The topological polar surface area (TPSA) is 109 Å². The molecule has 3 aromatic rings. The van der Waals surface area contributed by atoms with Gasteiger partial charge in [0.15, 0.2) is 0 Å². The summed E-state index contributed by atoms with van der Waals surface area (Å²) in [5.41, 5.74) is 1.14. The number of benzene rings is 2. The number of hydrogen-bond acceptors (Lipinski definition) is 7. The Morgan fingerprint density at radius 2 is 1.81 bits per heavy atom. The fraction of sp³-hybridized carbons (Fsp3) is 0.217. The molecule has 0 unspecified atom stereocenters. The molecule has 9 heteroatoms. The van der Waals surface area contributed by atoms with E-state index in [0.717, 1.165) is 4.68 Å². The van der Waals surface area contributed by atoms with E-state index in [-0.39, 0.29) is 24.4 Å². The average Bonchev–Trinajstić information content (AvgIpc) is 2.80. The van der Waals surface area contributed by atoms with Crippen LogP contribution in [0.5, 0.6) is 11.5 Å². The molecule has 0 radical (unpaired) electrons. The quantitative estimate of drug-likeness (QED) is 0.540. The van der Waals surface area contributed by atoms with Gasteiger partial charge in [-0.25, -0.2) is 9.48 Å². The number of anilines is 1. The molecule has 166 valence electrons. The lowest BCUT2D eigenvalue weighted by Crippen LogP contribution is -2.29. The molecular weight excluding hydrogens is 414 g/mol. The van der Waals surface area contributed by atoms with Crippen molar-refractivity contribution in [3.05, 3.63) is 70.5 Å². The molecular formula is C23H23N3O6. The normalized spacial score (nSPS) is 10.3. The van der Waals surface area contributed by atoms with Crippen molar-refractivity contribution in [1.82, 2.24) is 9.78 Å². The molecule has 32 heavy (non-hydrogen) atoms. The van der Waals surface area contributed by atoms with Gasteiger partial charge in [-0.05, 0) is 37.3 Å². The van der Waals surface area contributed by atoms with E-state index in [4.69, 9.17) is 14.2 Å². The molecule has 1 amide bonds. The second-order valence-electron chi connectivity index (χ2n) is 6.59. The van der Waals surface area contributed by atoms with Gasteiger partial charge in [0.1, 0.15) is 18.0 Å². The number of para-hydroxylation sites is 1. The Kier molecular flexibility index (Phi) is 7.22. The molecule has 0 aliphatic rings. The van der Waals surface area contributed by atoms with Crippen molar-refractivity contribution >= 4 is 17.6 Å². The molecule has 1 aromatic heterocycles. The van der Waals surface area contributed by atoms with E-state index in [9.17, 15) is 14.4 Å². The molecule has 9 nitrogen and oxygen atoms in total. The minimum Gasteiger partial charge on any atom is -0.497 e. The number of nitrogens with one attached hydrogen (secondary N) is 1. The molecule has 2 aromatic carbocycles. The average molecular weight is 437 g/mol. The highest BCUT2D eigenvalue weighted by atomic mass is 16.5. The number of nitrogens with zero attached hydrogens (tertiary/aromatic N) is 2. The second-order valence-corrected chi connectivity index (χ2v) is 6.59. The molecule has 3 rings (SSSR count). The zero-order valence-corrected chi connectivity index (χ0v) is 18.0. The van der Waals surface area contributed by atoms with Crippen molar-refractivity contribution in [3.63, 3.8) is 0 Å². The Hall–Kier alpha value is -4.14. The first kappa shape index (κ1) is 22.5. The first-order valence-electron chi connectivity index (χ1n) is 9.83. The number of carbonyl (C=O) groups is 2. The van der Waals surface area contributed by atoms with Crippen LogP contribution in [-0.2, 0) is 16.1 Å². The summed E-state index contributed by atoms with van der Waals surface area (Å²) in [6, 6.07) is 14.6. The van der Waals surface area contributed by atoms with E-state index in [0.29, 0.717) is 22.8 Å². The minimum absolute atomic E-state index is 0.210. The van der Waals surface area contributed by atoms with Crippen LogP contribution in [-0.4, -0.2) is 42.5 Å². The first-order valence-corrected chi connectivity index (χ1v) is 9.83. The third-order valence-electron chi connectivity index (χ3n) is 4.54. The number of rotatable bonds is 8. The molecule has 0 bridgehead atoms. The molecule has 1 heterocycles. The van der Waals surface area contributed by atoms with Crippen molar-refractivity contribution in [2.75, 3.05) is 26.1 Å². The molecule has 0 aliphatic heterocycles. The molecule has 0 saturated heterocycles. The molecule has 0 saturated carbocycles. The molecule has 1 N–H and O–H groups in total. The number of carbonyl (C=O) groups excluding carboxylic acids is 2. The lowest BCUT2D eigenvalue weighted by atomic mass is 10.1. The number of ether oxygens (including phenoxy) is 3. The summed E-state index contributed by atoms with van der Waals surface area (Å²) >= 11 is 0. The maximum Gasteiger partial charge on any atom is 0.340 e. The van der Waals surface area contributed by atoms with Gasteiger partial charge in [-0.1, -0.05) is 12.1 Å². The van der Waals surface area contributed by atoms with E-state index in [1.807, 2.05) is 0 Å². The molecule has 0 atom stereocenters. The van der Waals surface area contributed by atoms with E-state index in [1.54, 1.807) is 62.6 Å². The van der Waals surface area contributed by atoms with Gasteiger partial charge in [-0.3, -0.25) is 9.59 Å². The Morgan fingerprint density at radius 1 is 1.03 bits per heavy atom. The number of methoxy groups -OCH3 is 2. The highest BCUT2D eigenvalue weighted by Crippen LogP contribution is 2.31. The minimum atomic E-state index is -0.549. The van der Waals surface area contributed by atoms with Gasteiger partial charge in [0.25, 0.3) is 5.56 Å². The number of hydrogen-bond donors (Lipinski definition) is 1. The predicted octanol–water partition coefficient (Wildman–Crippen LogP) is 2.74. The zero-order chi connectivity index (χ0) is 23.1. The van der Waals surface area contributed by atoms with E-state index in [2.05, 4.69) is 10.4 Å². The van der Waals surface area contributed by atoms with Gasteiger partial charge in [0.2, 0.25) is 5.91 Å². The molecule has 0 spiro atoms. The largest absolute Gasteiger partial charge is 0.497 e. The van der Waals surface area contributed by atoms with Crippen molar-refractivity contribution in [2.45, 2.75) is 13.5 Å². The lowest BCUT2D eigenvalue weighted by Gasteiger charge is -2.12. The highest BCUT2D eigenvalue weighted by molar-refractivity contribution is 6.01. The molecule has 0 aliphatic carbocycles. The summed E-state index contributed by atoms with van der Waals surface area (Å²) in [7, 11) is 3.06. The zero-order valence-electron chi connectivity index (χ0n) is 18.0. The first-order chi connectivity index (χ1) is 15.5. The predicted molar refractivity (Wildman–Crippen MR) is 118 cm³/mol. The van der Waals surface area contributed by atoms with Crippen molar-refractivity contribution in [1.29, 1.82) is 0 Å². The number of esters is 1. The maximum atomic E-state index is 12.6. The highest BCUT2D eigenvalue weighted by Gasteiger charge is 2.16. The van der Waals surface area contributed by atoms with Crippen molar-refractivity contribution < 1.29 is 23.8 Å². The van der Waals surface area contributed by atoms with Crippen LogP contribution < -0.4 is 20.3 Å². The summed E-state index contributed by atoms with van der Waals surface area (Å²) in [6.07, 6.45) is 0. The number of amides is 1. The summed E-state index contributed by atoms with van der Waals surface area (Å²) < 4.78 is 16.7. The maximum absolute atomic E-state index is 12.6. The van der Waals surface area contributed by atoms with Crippen LogP contribution in [0.4, 0.5) is 5.69 Å². The van der Waals surface area contributed by atoms with E-state index in [1.165, 1.54) is 13.2 Å². The van der Waals surface area contributed by atoms with Gasteiger partial charge in [0.05, 0.1) is 37.8 Å². The van der Waals surface area contributed by atoms with Crippen molar-refractivity contribution in [2.24, 2.45) is 0 Å². The SMILES string of the molecule is CCOC(=O)c1ccccc1NC(=O)Cn1nc(-c2ccc(OC)cc2OC)ccc1=O. The summed E-state index contributed by atoms with van der Waals surface area (Å²) in [5.74, 6) is 0.0518. The lowest BCUT2D eigenvalue weighted by molar-refractivity contribution is -0.117. The monoisotopic (exact) mass is 437 g/mol. The third kappa shape index (κ3) is 5.12. The van der Waals surface area contributed by atoms with Gasteiger partial charge >= 0.3 is 5.97 Å². The van der Waals surface area contributed by atoms with Crippen LogP contribution in [0.1, 0.15) is 17.3 Å². The number of aromatic nitrogens is 2. The van der Waals surface area contributed by atoms with Gasteiger partial charge in [-0.15, -0.1) is 0 Å².